The fourth-order valence-corrected chi connectivity index (χ4v) is 6.39. The number of hydrogen-bond acceptors (Lipinski definition) is 0. The third kappa shape index (κ3) is 2.73. The molecule has 0 aromatic heterocycles. The van der Waals surface area contributed by atoms with Crippen LogP contribution in [0.2, 0.25) is 5.82 Å². The normalized spacial score (nSPS) is 26.6. The maximum atomic E-state index is 7.05. The molecule has 150 valence electrons. The van der Waals surface area contributed by atoms with Crippen molar-refractivity contribution in [3.63, 3.8) is 0 Å². The van der Waals surface area contributed by atoms with E-state index in [-0.39, 0.29) is 26.9 Å². The number of hydrogen-bond donors (Lipinski definition) is 0. The van der Waals surface area contributed by atoms with Crippen molar-refractivity contribution in [1.82, 2.24) is 0 Å². The van der Waals surface area contributed by atoms with Crippen LogP contribution in [0.15, 0.2) is 71.2 Å². The SMILES string of the molecule is [B]C1=C(c2ccccc2-c2ccccc2)C(Br)C([B])C2=C1C(C)(C)C(C)(C)C2(C)C. The van der Waals surface area contributed by atoms with Crippen molar-refractivity contribution in [3.05, 3.63) is 76.8 Å². The van der Waals surface area contributed by atoms with E-state index in [9.17, 15) is 0 Å². The molecule has 2 aliphatic carbocycles. The van der Waals surface area contributed by atoms with Gasteiger partial charge in [-0.3, -0.25) is 0 Å². The van der Waals surface area contributed by atoms with Crippen molar-refractivity contribution in [2.24, 2.45) is 16.2 Å². The lowest BCUT2D eigenvalue weighted by molar-refractivity contribution is 0.0621. The van der Waals surface area contributed by atoms with E-state index in [0.717, 1.165) is 16.6 Å². The largest absolute Gasteiger partial charge is 0.114 e. The van der Waals surface area contributed by atoms with E-state index in [1.807, 2.05) is 6.07 Å². The fourth-order valence-electron chi connectivity index (χ4n) is 5.63. The van der Waals surface area contributed by atoms with Crippen molar-refractivity contribution in [2.45, 2.75) is 52.2 Å². The van der Waals surface area contributed by atoms with Gasteiger partial charge in [-0.1, -0.05) is 123 Å². The van der Waals surface area contributed by atoms with Crippen LogP contribution in [0.25, 0.3) is 16.7 Å². The highest BCUT2D eigenvalue weighted by atomic mass is 79.9. The molecule has 3 heteroatoms. The average Bonchev–Trinajstić information content (AvgIpc) is 2.81. The minimum Gasteiger partial charge on any atom is -0.0881 e. The van der Waals surface area contributed by atoms with Gasteiger partial charge in [0, 0.05) is 4.83 Å². The molecule has 0 fully saturated rings. The maximum Gasteiger partial charge on any atom is 0.114 e. The molecule has 0 N–H and O–H groups in total. The second-order valence-corrected chi connectivity index (χ2v) is 11.3. The highest BCUT2D eigenvalue weighted by Gasteiger charge is 2.60. The van der Waals surface area contributed by atoms with Gasteiger partial charge in [-0.25, -0.2) is 0 Å². The Morgan fingerprint density at radius 2 is 1.30 bits per heavy atom. The molecule has 2 aromatic rings. The fraction of sp³-hybridized carbons (Fsp3) is 0.407. The molecule has 0 amide bonds. The second kappa shape index (κ2) is 7.02. The van der Waals surface area contributed by atoms with Crippen molar-refractivity contribution in [3.8, 4) is 11.1 Å². The quantitative estimate of drug-likeness (QED) is 0.328. The molecule has 2 unspecified atom stereocenters. The van der Waals surface area contributed by atoms with E-state index in [2.05, 4.69) is 106 Å². The minimum absolute atomic E-state index is 0.0218. The first kappa shape index (κ1) is 21.8. The second-order valence-electron chi connectivity index (χ2n) is 10.3. The van der Waals surface area contributed by atoms with Gasteiger partial charge in [0.2, 0.25) is 0 Å². The highest BCUT2D eigenvalue weighted by Crippen LogP contribution is 2.70. The van der Waals surface area contributed by atoms with Crippen LogP contribution in [0, 0.1) is 16.2 Å². The molecule has 0 nitrogen and oxygen atoms in total. The van der Waals surface area contributed by atoms with Crippen molar-refractivity contribution < 1.29 is 0 Å². The molecule has 0 aliphatic heterocycles. The van der Waals surface area contributed by atoms with Gasteiger partial charge < -0.3 is 0 Å². The molecule has 2 aromatic carbocycles. The zero-order valence-electron chi connectivity index (χ0n) is 18.9. The number of alkyl halides is 1. The van der Waals surface area contributed by atoms with Gasteiger partial charge in [-0.15, -0.1) is 0 Å². The smallest absolute Gasteiger partial charge is 0.0881 e. The molecular formula is C27H29B2Br. The van der Waals surface area contributed by atoms with E-state index >= 15 is 0 Å². The van der Waals surface area contributed by atoms with Crippen LogP contribution in [0.5, 0.6) is 0 Å². The minimum atomic E-state index is -0.123. The lowest BCUT2D eigenvalue weighted by Crippen LogP contribution is -2.40. The monoisotopic (exact) mass is 454 g/mol. The van der Waals surface area contributed by atoms with Crippen LogP contribution in [0.1, 0.15) is 47.1 Å². The van der Waals surface area contributed by atoms with Gasteiger partial charge in [0.05, 0.1) is 7.85 Å². The topological polar surface area (TPSA) is 0 Å². The maximum absolute atomic E-state index is 7.05. The van der Waals surface area contributed by atoms with Gasteiger partial charge in [-0.05, 0) is 49.9 Å². The summed E-state index contributed by atoms with van der Waals surface area (Å²) in [6.07, 6.45) is 0. The lowest BCUT2D eigenvalue weighted by Gasteiger charge is -2.47. The van der Waals surface area contributed by atoms with Gasteiger partial charge in [-0.2, -0.15) is 0 Å². The summed E-state index contributed by atoms with van der Waals surface area (Å²) in [5, 5.41) is 0. The van der Waals surface area contributed by atoms with Gasteiger partial charge >= 0.3 is 0 Å². The number of benzene rings is 2. The predicted octanol–water partition coefficient (Wildman–Crippen LogP) is 7.36. The van der Waals surface area contributed by atoms with Crippen molar-refractivity contribution in [1.29, 1.82) is 0 Å². The summed E-state index contributed by atoms with van der Waals surface area (Å²) in [6, 6.07) is 19.0. The molecule has 0 saturated carbocycles. The Hall–Kier alpha value is -1.47. The Balaban J connectivity index is 2.02. The van der Waals surface area contributed by atoms with Gasteiger partial charge in [0.15, 0.2) is 0 Å². The summed E-state index contributed by atoms with van der Waals surface area (Å²) in [5.74, 6) is -0.123. The Kier molecular flexibility index (Phi) is 5.09. The van der Waals surface area contributed by atoms with Gasteiger partial charge in [0.1, 0.15) is 7.85 Å². The third-order valence-corrected chi connectivity index (χ3v) is 9.51. The van der Waals surface area contributed by atoms with E-state index in [4.69, 9.17) is 15.7 Å². The van der Waals surface area contributed by atoms with Crippen molar-refractivity contribution in [2.75, 3.05) is 0 Å². The Morgan fingerprint density at radius 3 is 1.90 bits per heavy atom. The lowest BCUT2D eigenvalue weighted by atomic mass is 9.56. The van der Waals surface area contributed by atoms with Crippen molar-refractivity contribution >= 4 is 37.2 Å². The molecule has 0 spiro atoms. The van der Waals surface area contributed by atoms with Crippen LogP contribution < -0.4 is 0 Å². The van der Waals surface area contributed by atoms with Crippen LogP contribution in [-0.4, -0.2) is 20.5 Å². The molecular weight excluding hydrogens is 426 g/mol. The first-order valence-corrected chi connectivity index (χ1v) is 11.7. The Morgan fingerprint density at radius 1 is 0.767 bits per heavy atom. The summed E-state index contributed by atoms with van der Waals surface area (Å²) in [6.45, 7) is 14.0. The molecule has 30 heavy (non-hydrogen) atoms. The summed E-state index contributed by atoms with van der Waals surface area (Å²) >= 11 is 3.97. The molecule has 2 aliphatic rings. The summed E-state index contributed by atoms with van der Waals surface area (Å²) in [5.41, 5.74) is 7.97. The van der Waals surface area contributed by atoms with E-state index in [1.165, 1.54) is 22.3 Å². The summed E-state index contributed by atoms with van der Waals surface area (Å²) in [7, 11) is 14.0. The zero-order chi connectivity index (χ0) is 22.1. The molecule has 0 saturated heterocycles. The highest BCUT2D eigenvalue weighted by molar-refractivity contribution is 9.09. The molecule has 4 radical (unpaired) electrons. The first-order valence-electron chi connectivity index (χ1n) is 10.7. The van der Waals surface area contributed by atoms with Crippen LogP contribution in [-0.2, 0) is 0 Å². The summed E-state index contributed by atoms with van der Waals surface area (Å²) < 4.78 is 0. The third-order valence-electron chi connectivity index (χ3n) is 8.48. The van der Waals surface area contributed by atoms with E-state index in [1.54, 1.807) is 0 Å². The number of allylic oxidation sites excluding steroid dienone is 4. The number of halogens is 1. The van der Waals surface area contributed by atoms with E-state index < -0.39 is 0 Å². The standard InChI is InChI=1S/C27H29B2Br/c1-25(2)20-21(26(3,4)27(25,5)6)23(29)24(30)19(22(20)28)18-15-11-10-14-17(18)16-12-8-7-9-13-16/h7-15,23-24H,1-6H3. The molecule has 0 bridgehead atoms. The number of rotatable bonds is 2. The molecule has 4 rings (SSSR count). The van der Waals surface area contributed by atoms with Crippen LogP contribution in [0.3, 0.4) is 0 Å². The Labute approximate surface area is 193 Å². The van der Waals surface area contributed by atoms with Crippen LogP contribution >= 0.6 is 15.9 Å². The van der Waals surface area contributed by atoms with Gasteiger partial charge in [0.25, 0.3) is 0 Å². The molecule has 2 atom stereocenters. The molecule has 0 heterocycles. The average molecular weight is 455 g/mol. The first-order chi connectivity index (χ1) is 13.9. The van der Waals surface area contributed by atoms with Crippen LogP contribution in [0.4, 0.5) is 0 Å². The summed E-state index contributed by atoms with van der Waals surface area (Å²) in [4.78, 5) is -0.0370. The Bertz CT molecular complexity index is 1060. The predicted molar refractivity (Wildman–Crippen MR) is 135 cm³/mol. The zero-order valence-corrected chi connectivity index (χ0v) is 20.5. The van der Waals surface area contributed by atoms with E-state index in [0.29, 0.717) is 0 Å².